The van der Waals surface area contributed by atoms with Crippen LogP contribution in [-0.4, -0.2) is 26.7 Å². The average Bonchev–Trinajstić information content (AvgIpc) is 2.86. The van der Waals surface area contributed by atoms with Crippen LogP contribution < -0.4 is 16.0 Å². The van der Waals surface area contributed by atoms with Crippen molar-refractivity contribution >= 4 is 0 Å². The lowest BCUT2D eigenvalue weighted by atomic mass is 10.0. The minimum absolute atomic E-state index is 0.212. The van der Waals surface area contributed by atoms with Crippen LogP contribution in [0.25, 0.3) is 0 Å². The fourth-order valence-corrected chi connectivity index (χ4v) is 2.42. The number of hydrogen-bond donors (Lipinski definition) is 2. The zero-order valence-corrected chi connectivity index (χ0v) is 11.9. The van der Waals surface area contributed by atoms with Crippen molar-refractivity contribution < 1.29 is 4.74 Å². The van der Waals surface area contributed by atoms with Gasteiger partial charge in [0, 0.05) is 25.4 Å². The van der Waals surface area contributed by atoms with Crippen molar-refractivity contribution in [2.24, 2.45) is 19.9 Å². The van der Waals surface area contributed by atoms with E-state index in [2.05, 4.69) is 15.6 Å². The number of methoxy groups -OCH3 is 1. The Hall–Kier alpha value is -1.86. The summed E-state index contributed by atoms with van der Waals surface area (Å²) in [5.74, 6) is 6.45. The van der Waals surface area contributed by atoms with E-state index in [0.717, 1.165) is 22.6 Å². The molecule has 1 unspecified atom stereocenters. The van der Waals surface area contributed by atoms with Crippen LogP contribution in [0.2, 0.25) is 0 Å². The molecule has 0 aliphatic carbocycles. The largest absolute Gasteiger partial charge is 0.493 e. The Morgan fingerprint density at radius 1 is 1.32 bits per heavy atom. The molecule has 0 aliphatic heterocycles. The Labute approximate surface area is 112 Å². The summed E-state index contributed by atoms with van der Waals surface area (Å²) in [6, 6.07) is -0.212. The van der Waals surface area contributed by atoms with Crippen molar-refractivity contribution in [3.8, 4) is 5.75 Å². The summed E-state index contributed by atoms with van der Waals surface area (Å²) in [5, 5.41) is 8.64. The van der Waals surface area contributed by atoms with E-state index >= 15 is 0 Å². The molecule has 104 valence electrons. The molecular weight excluding hydrogens is 244 g/mol. The molecule has 2 aromatic rings. The summed E-state index contributed by atoms with van der Waals surface area (Å²) in [6.07, 6.45) is 1.68. The number of aromatic nitrogens is 4. The standard InChI is InChI=1S/C12H20N6O/c1-7-10(8(2)17(3)16-7)11(15-13)12-9(19-5)6-14-18(12)4/h6,11,15H,13H2,1-5H3. The van der Waals surface area contributed by atoms with Gasteiger partial charge >= 0.3 is 0 Å². The van der Waals surface area contributed by atoms with Gasteiger partial charge in [-0.2, -0.15) is 10.2 Å². The monoisotopic (exact) mass is 264 g/mol. The first-order chi connectivity index (χ1) is 9.01. The van der Waals surface area contributed by atoms with E-state index in [1.54, 1.807) is 18.0 Å². The number of ether oxygens (including phenoxy) is 1. The Bertz CT molecular complexity index is 585. The van der Waals surface area contributed by atoms with Crippen LogP contribution in [0.15, 0.2) is 6.20 Å². The zero-order chi connectivity index (χ0) is 14.2. The number of hydrogen-bond acceptors (Lipinski definition) is 5. The maximum absolute atomic E-state index is 5.75. The van der Waals surface area contributed by atoms with Crippen LogP contribution in [0.5, 0.6) is 5.75 Å². The highest BCUT2D eigenvalue weighted by atomic mass is 16.5. The van der Waals surface area contributed by atoms with Crippen LogP contribution in [-0.2, 0) is 14.1 Å². The van der Waals surface area contributed by atoms with E-state index in [1.807, 2.05) is 32.6 Å². The molecule has 0 spiro atoms. The molecule has 0 fully saturated rings. The first-order valence-electron chi connectivity index (χ1n) is 6.03. The van der Waals surface area contributed by atoms with Crippen LogP contribution in [0.4, 0.5) is 0 Å². The van der Waals surface area contributed by atoms with Gasteiger partial charge in [0.05, 0.1) is 25.0 Å². The molecule has 7 nitrogen and oxygen atoms in total. The van der Waals surface area contributed by atoms with Crippen molar-refractivity contribution in [2.45, 2.75) is 19.9 Å². The smallest absolute Gasteiger partial charge is 0.161 e. The second kappa shape index (κ2) is 5.02. The second-order valence-corrected chi connectivity index (χ2v) is 4.53. The highest BCUT2D eigenvalue weighted by Crippen LogP contribution is 2.32. The molecule has 0 saturated carbocycles. The fraction of sp³-hybridized carbons (Fsp3) is 0.500. The average molecular weight is 264 g/mol. The predicted molar refractivity (Wildman–Crippen MR) is 71.6 cm³/mol. The topological polar surface area (TPSA) is 82.9 Å². The minimum Gasteiger partial charge on any atom is -0.493 e. The summed E-state index contributed by atoms with van der Waals surface area (Å²) in [4.78, 5) is 0. The molecule has 0 saturated heterocycles. The van der Waals surface area contributed by atoms with Crippen LogP contribution in [0.1, 0.15) is 28.7 Å². The van der Waals surface area contributed by atoms with Gasteiger partial charge in [-0.15, -0.1) is 0 Å². The van der Waals surface area contributed by atoms with Crippen molar-refractivity contribution in [3.63, 3.8) is 0 Å². The van der Waals surface area contributed by atoms with E-state index < -0.39 is 0 Å². The zero-order valence-electron chi connectivity index (χ0n) is 11.9. The van der Waals surface area contributed by atoms with E-state index in [9.17, 15) is 0 Å². The summed E-state index contributed by atoms with van der Waals surface area (Å²) in [6.45, 7) is 3.98. The van der Waals surface area contributed by atoms with Gasteiger partial charge in [0.2, 0.25) is 0 Å². The molecule has 19 heavy (non-hydrogen) atoms. The number of hydrazine groups is 1. The van der Waals surface area contributed by atoms with Gasteiger partial charge in [0.1, 0.15) is 5.69 Å². The molecule has 0 amide bonds. The first-order valence-corrected chi connectivity index (χ1v) is 6.03. The third-order valence-corrected chi connectivity index (χ3v) is 3.46. The highest BCUT2D eigenvalue weighted by molar-refractivity contribution is 5.40. The molecule has 2 heterocycles. The number of rotatable bonds is 4. The predicted octanol–water partition coefficient (Wildman–Crippen LogP) is 0.332. The molecule has 2 aromatic heterocycles. The van der Waals surface area contributed by atoms with Gasteiger partial charge in [-0.1, -0.05) is 0 Å². The van der Waals surface area contributed by atoms with Gasteiger partial charge in [0.25, 0.3) is 0 Å². The van der Waals surface area contributed by atoms with Crippen LogP contribution in [0.3, 0.4) is 0 Å². The molecular formula is C12H20N6O. The fourth-order valence-electron chi connectivity index (χ4n) is 2.42. The number of nitrogens with zero attached hydrogens (tertiary/aromatic N) is 4. The van der Waals surface area contributed by atoms with Gasteiger partial charge in [-0.3, -0.25) is 15.2 Å². The van der Waals surface area contributed by atoms with Crippen LogP contribution >= 0.6 is 0 Å². The lowest BCUT2D eigenvalue weighted by Crippen LogP contribution is -2.31. The summed E-state index contributed by atoms with van der Waals surface area (Å²) >= 11 is 0. The summed E-state index contributed by atoms with van der Waals surface area (Å²) in [7, 11) is 5.40. The van der Waals surface area contributed by atoms with E-state index in [-0.39, 0.29) is 6.04 Å². The number of aryl methyl sites for hydroxylation is 3. The molecule has 0 aliphatic rings. The lowest BCUT2D eigenvalue weighted by Gasteiger charge is -2.18. The van der Waals surface area contributed by atoms with Crippen molar-refractivity contribution in [2.75, 3.05) is 7.11 Å². The van der Waals surface area contributed by atoms with E-state index in [1.165, 1.54) is 0 Å². The summed E-state index contributed by atoms with van der Waals surface area (Å²) in [5.41, 5.74) is 6.76. The molecule has 2 rings (SSSR count). The second-order valence-electron chi connectivity index (χ2n) is 4.53. The molecule has 0 bridgehead atoms. The Morgan fingerprint density at radius 3 is 2.47 bits per heavy atom. The third-order valence-electron chi connectivity index (χ3n) is 3.46. The molecule has 0 aromatic carbocycles. The first kappa shape index (κ1) is 13.6. The van der Waals surface area contributed by atoms with Crippen molar-refractivity contribution in [1.82, 2.24) is 25.0 Å². The molecule has 1 atom stereocenters. The maximum atomic E-state index is 5.75. The number of nitrogens with one attached hydrogen (secondary N) is 1. The van der Waals surface area contributed by atoms with E-state index in [0.29, 0.717) is 5.75 Å². The Kier molecular flexibility index (Phi) is 3.59. The van der Waals surface area contributed by atoms with Gasteiger partial charge in [-0.05, 0) is 13.8 Å². The molecule has 0 radical (unpaired) electrons. The molecule has 3 N–H and O–H groups in total. The minimum atomic E-state index is -0.212. The highest BCUT2D eigenvalue weighted by Gasteiger charge is 2.26. The Morgan fingerprint density at radius 2 is 2.00 bits per heavy atom. The van der Waals surface area contributed by atoms with Crippen molar-refractivity contribution in [1.29, 1.82) is 0 Å². The lowest BCUT2D eigenvalue weighted by molar-refractivity contribution is 0.401. The maximum Gasteiger partial charge on any atom is 0.161 e. The third kappa shape index (κ3) is 2.11. The van der Waals surface area contributed by atoms with Gasteiger partial charge in [-0.25, -0.2) is 5.43 Å². The van der Waals surface area contributed by atoms with Crippen molar-refractivity contribution in [3.05, 3.63) is 28.8 Å². The van der Waals surface area contributed by atoms with Crippen LogP contribution in [0, 0.1) is 13.8 Å². The Balaban J connectivity index is 2.59. The van der Waals surface area contributed by atoms with Gasteiger partial charge in [0.15, 0.2) is 5.75 Å². The van der Waals surface area contributed by atoms with Gasteiger partial charge < -0.3 is 4.74 Å². The van der Waals surface area contributed by atoms with E-state index in [4.69, 9.17) is 10.6 Å². The molecule has 7 heteroatoms. The number of nitrogens with two attached hydrogens (primary N) is 1. The quantitative estimate of drug-likeness (QED) is 0.614. The SMILES string of the molecule is COc1cnn(C)c1C(NN)c1c(C)nn(C)c1C. The summed E-state index contributed by atoms with van der Waals surface area (Å²) < 4.78 is 8.96. The normalized spacial score (nSPS) is 12.7.